The normalized spacial score (nSPS) is 15.7. The first-order valence-corrected chi connectivity index (χ1v) is 7.54. The van der Waals surface area contributed by atoms with E-state index in [1.807, 2.05) is 42.2 Å². The van der Waals surface area contributed by atoms with E-state index in [0.29, 0.717) is 12.2 Å². The molecule has 1 fully saturated rings. The van der Waals surface area contributed by atoms with Crippen LogP contribution in [0.3, 0.4) is 0 Å². The first-order valence-electron chi connectivity index (χ1n) is 7.54. The van der Waals surface area contributed by atoms with Crippen LogP contribution in [0.4, 0.5) is 4.79 Å². The average Bonchev–Trinajstić information content (AvgIpc) is 2.56. The number of aldehydes is 1. The van der Waals surface area contributed by atoms with Crippen LogP contribution in [-0.2, 0) is 4.79 Å². The number of carbonyl (C=O) groups excluding carboxylic acids is 2. The summed E-state index contributed by atoms with van der Waals surface area (Å²) in [5.74, 6) is 0. The molecule has 0 N–H and O–H groups in total. The maximum Gasteiger partial charge on any atom is 0.324 e. The summed E-state index contributed by atoms with van der Waals surface area (Å²) in [6.45, 7) is 3.95. The van der Waals surface area contributed by atoms with E-state index in [-0.39, 0.29) is 6.03 Å². The van der Waals surface area contributed by atoms with Gasteiger partial charge in [0.25, 0.3) is 0 Å². The predicted octanol–water partition coefficient (Wildman–Crippen LogP) is 3.15. The maximum absolute atomic E-state index is 12.6. The lowest BCUT2D eigenvalue weighted by Gasteiger charge is -2.32. The minimum atomic E-state index is -0.0634. The van der Waals surface area contributed by atoms with Gasteiger partial charge in [0.15, 0.2) is 6.29 Å². The molecule has 0 aromatic heterocycles. The van der Waals surface area contributed by atoms with E-state index in [9.17, 15) is 9.59 Å². The summed E-state index contributed by atoms with van der Waals surface area (Å²) in [6, 6.07) is 9.53. The molecule has 4 nitrogen and oxygen atoms in total. The molecule has 1 aliphatic heterocycles. The Bertz CT molecular complexity index is 505. The third-order valence-corrected chi connectivity index (χ3v) is 3.72. The van der Waals surface area contributed by atoms with E-state index in [4.69, 9.17) is 0 Å². The van der Waals surface area contributed by atoms with Gasteiger partial charge in [-0.05, 0) is 37.8 Å². The predicted molar refractivity (Wildman–Crippen MR) is 83.7 cm³/mol. The van der Waals surface area contributed by atoms with E-state index < -0.39 is 0 Å². The van der Waals surface area contributed by atoms with E-state index in [0.717, 1.165) is 37.8 Å². The maximum atomic E-state index is 12.6. The number of likely N-dealkylation sites (N-methyl/N-ethyl adjacent to an activating group) is 1. The SMILES string of the molecule is CCN(C(=O)N1CCCCC1)C(C=O)=Cc1ccccc1. The average molecular weight is 286 g/mol. The zero-order valence-corrected chi connectivity index (χ0v) is 12.5. The van der Waals surface area contributed by atoms with Gasteiger partial charge in [0.2, 0.25) is 0 Å². The lowest BCUT2D eigenvalue weighted by molar-refractivity contribution is -0.105. The van der Waals surface area contributed by atoms with Crippen LogP contribution in [0.15, 0.2) is 36.0 Å². The van der Waals surface area contributed by atoms with Gasteiger partial charge >= 0.3 is 6.03 Å². The molecule has 0 unspecified atom stereocenters. The fraction of sp³-hybridized carbons (Fsp3) is 0.412. The first-order chi connectivity index (χ1) is 10.3. The number of allylic oxidation sites excluding steroid dienone is 1. The van der Waals surface area contributed by atoms with Gasteiger partial charge in [-0.15, -0.1) is 0 Å². The van der Waals surface area contributed by atoms with Crippen molar-refractivity contribution in [3.8, 4) is 0 Å². The fourth-order valence-corrected chi connectivity index (χ4v) is 2.58. The Morgan fingerprint density at radius 2 is 1.86 bits per heavy atom. The molecule has 1 aliphatic rings. The van der Waals surface area contributed by atoms with Crippen LogP contribution in [0, 0.1) is 0 Å². The summed E-state index contributed by atoms with van der Waals surface area (Å²) in [7, 11) is 0. The van der Waals surface area contributed by atoms with Crippen molar-refractivity contribution < 1.29 is 9.59 Å². The standard InChI is InChI=1S/C17H22N2O2/c1-2-19(17(21)18-11-7-4-8-12-18)16(14-20)13-15-9-5-3-6-10-15/h3,5-6,9-10,13-14H,2,4,7-8,11-12H2,1H3. The highest BCUT2D eigenvalue weighted by atomic mass is 16.2. The Hall–Kier alpha value is -2.10. The lowest BCUT2D eigenvalue weighted by Crippen LogP contribution is -2.45. The Labute approximate surface area is 126 Å². The summed E-state index contributed by atoms with van der Waals surface area (Å²) < 4.78 is 0. The quantitative estimate of drug-likeness (QED) is 0.630. The van der Waals surface area contributed by atoms with Crippen LogP contribution in [0.5, 0.6) is 0 Å². The number of nitrogens with zero attached hydrogens (tertiary/aromatic N) is 2. The highest BCUT2D eigenvalue weighted by molar-refractivity contribution is 5.89. The molecule has 1 heterocycles. The van der Waals surface area contributed by atoms with Gasteiger partial charge in [0.1, 0.15) is 0 Å². The molecular weight excluding hydrogens is 264 g/mol. The highest BCUT2D eigenvalue weighted by Gasteiger charge is 2.23. The van der Waals surface area contributed by atoms with Gasteiger partial charge in [0.05, 0.1) is 5.70 Å². The summed E-state index contributed by atoms with van der Waals surface area (Å²) in [6.07, 6.45) is 5.79. The molecule has 0 aliphatic carbocycles. The van der Waals surface area contributed by atoms with Crippen molar-refractivity contribution in [2.75, 3.05) is 19.6 Å². The molecule has 4 heteroatoms. The molecule has 0 saturated carbocycles. The largest absolute Gasteiger partial charge is 0.324 e. The van der Waals surface area contributed by atoms with E-state index in [1.165, 1.54) is 6.42 Å². The van der Waals surface area contributed by atoms with Crippen molar-refractivity contribution in [1.82, 2.24) is 9.80 Å². The second kappa shape index (κ2) is 7.62. The first kappa shape index (κ1) is 15.3. The van der Waals surface area contributed by atoms with Gasteiger partial charge in [-0.2, -0.15) is 0 Å². The Morgan fingerprint density at radius 1 is 1.19 bits per heavy atom. The van der Waals surface area contributed by atoms with Crippen molar-refractivity contribution in [2.24, 2.45) is 0 Å². The number of hydrogen-bond acceptors (Lipinski definition) is 2. The zero-order valence-electron chi connectivity index (χ0n) is 12.5. The molecule has 0 spiro atoms. The highest BCUT2D eigenvalue weighted by Crippen LogP contribution is 2.15. The molecule has 1 aromatic rings. The number of urea groups is 1. The molecule has 1 saturated heterocycles. The molecule has 2 amide bonds. The molecule has 2 rings (SSSR count). The lowest BCUT2D eigenvalue weighted by atomic mass is 10.1. The number of piperidine rings is 1. The van der Waals surface area contributed by atoms with Crippen molar-refractivity contribution in [3.05, 3.63) is 41.6 Å². The monoisotopic (exact) mass is 286 g/mol. The number of carbonyl (C=O) groups is 2. The molecule has 0 bridgehead atoms. The van der Waals surface area contributed by atoms with Gasteiger partial charge in [-0.3, -0.25) is 9.69 Å². The number of likely N-dealkylation sites (tertiary alicyclic amines) is 1. The Morgan fingerprint density at radius 3 is 2.43 bits per heavy atom. The van der Waals surface area contributed by atoms with Crippen LogP contribution in [-0.4, -0.2) is 41.8 Å². The van der Waals surface area contributed by atoms with Gasteiger partial charge in [0, 0.05) is 19.6 Å². The van der Waals surface area contributed by atoms with Crippen molar-refractivity contribution in [2.45, 2.75) is 26.2 Å². The molecular formula is C17H22N2O2. The summed E-state index contributed by atoms with van der Waals surface area (Å²) >= 11 is 0. The van der Waals surface area contributed by atoms with Crippen molar-refractivity contribution in [1.29, 1.82) is 0 Å². The minimum Gasteiger partial charge on any atom is -0.324 e. The molecule has 0 atom stereocenters. The third kappa shape index (κ3) is 3.94. The number of benzene rings is 1. The number of hydrogen-bond donors (Lipinski definition) is 0. The molecule has 0 radical (unpaired) electrons. The minimum absolute atomic E-state index is 0.0634. The smallest absolute Gasteiger partial charge is 0.324 e. The second-order valence-corrected chi connectivity index (χ2v) is 5.17. The second-order valence-electron chi connectivity index (χ2n) is 5.17. The van der Waals surface area contributed by atoms with Gasteiger partial charge in [-0.1, -0.05) is 30.3 Å². The van der Waals surface area contributed by atoms with E-state index in [2.05, 4.69) is 0 Å². The van der Waals surface area contributed by atoms with Crippen LogP contribution in [0.2, 0.25) is 0 Å². The van der Waals surface area contributed by atoms with E-state index >= 15 is 0 Å². The molecule has 21 heavy (non-hydrogen) atoms. The summed E-state index contributed by atoms with van der Waals surface area (Å²) in [5.41, 5.74) is 1.34. The number of rotatable bonds is 4. The van der Waals surface area contributed by atoms with Crippen LogP contribution in [0.1, 0.15) is 31.7 Å². The Kier molecular flexibility index (Phi) is 5.55. The molecule has 1 aromatic carbocycles. The van der Waals surface area contributed by atoms with Crippen molar-refractivity contribution >= 4 is 18.4 Å². The van der Waals surface area contributed by atoms with Crippen molar-refractivity contribution in [3.63, 3.8) is 0 Å². The van der Waals surface area contributed by atoms with E-state index in [1.54, 1.807) is 11.0 Å². The fourth-order valence-electron chi connectivity index (χ4n) is 2.58. The third-order valence-electron chi connectivity index (χ3n) is 3.72. The summed E-state index contributed by atoms with van der Waals surface area (Å²) in [4.78, 5) is 27.4. The topological polar surface area (TPSA) is 40.6 Å². The summed E-state index contributed by atoms with van der Waals surface area (Å²) in [5, 5.41) is 0. The zero-order chi connectivity index (χ0) is 15.1. The van der Waals surface area contributed by atoms with Gasteiger partial charge in [-0.25, -0.2) is 4.79 Å². The van der Waals surface area contributed by atoms with Gasteiger partial charge < -0.3 is 4.90 Å². The number of amides is 2. The Balaban J connectivity index is 2.19. The van der Waals surface area contributed by atoms with Crippen LogP contribution >= 0.6 is 0 Å². The van der Waals surface area contributed by atoms with Crippen LogP contribution in [0.25, 0.3) is 6.08 Å². The van der Waals surface area contributed by atoms with Crippen LogP contribution < -0.4 is 0 Å². The molecule has 112 valence electrons.